The van der Waals surface area contributed by atoms with Crippen LogP contribution in [0.25, 0.3) is 0 Å². The van der Waals surface area contributed by atoms with Crippen molar-refractivity contribution in [2.45, 2.75) is 12.8 Å². The topological polar surface area (TPSA) is 66.9 Å². The molecule has 3 amide bonds. The van der Waals surface area contributed by atoms with Gasteiger partial charge in [-0.1, -0.05) is 12.2 Å². The summed E-state index contributed by atoms with van der Waals surface area (Å²) in [4.78, 5) is 39.5. The Morgan fingerprint density at radius 2 is 1.65 bits per heavy atom. The highest BCUT2D eigenvalue weighted by atomic mass is 16.5. The van der Waals surface area contributed by atoms with Gasteiger partial charge in [-0.3, -0.25) is 19.3 Å². The van der Waals surface area contributed by atoms with E-state index in [1.165, 1.54) is 0 Å². The van der Waals surface area contributed by atoms with E-state index in [0.717, 1.165) is 4.90 Å². The first kappa shape index (κ1) is 13.3. The number of rotatable bonds is 2. The van der Waals surface area contributed by atoms with Gasteiger partial charge in [0.05, 0.1) is 25.0 Å². The molecule has 1 aliphatic carbocycles. The quantitative estimate of drug-likeness (QED) is 0.518. The molecule has 2 heterocycles. The van der Waals surface area contributed by atoms with Crippen molar-refractivity contribution < 1.29 is 19.1 Å². The van der Waals surface area contributed by atoms with Gasteiger partial charge in [0.15, 0.2) is 0 Å². The number of hydrogen-bond acceptors (Lipinski definition) is 4. The molecular weight excluding hydrogens is 260 g/mol. The van der Waals surface area contributed by atoms with Crippen LogP contribution < -0.4 is 0 Å². The van der Waals surface area contributed by atoms with Crippen LogP contribution in [0.3, 0.4) is 0 Å². The van der Waals surface area contributed by atoms with Crippen molar-refractivity contribution in [1.82, 2.24) is 9.80 Å². The van der Waals surface area contributed by atoms with Crippen LogP contribution in [0.15, 0.2) is 12.2 Å². The number of carbonyl (C=O) groups excluding carboxylic acids is 3. The predicted molar refractivity (Wildman–Crippen MR) is 69.5 cm³/mol. The Hall–Kier alpha value is -1.69. The second kappa shape index (κ2) is 5.36. The number of allylic oxidation sites excluding steroid dienone is 2. The molecular formula is C14H18N2O4. The Kier molecular flexibility index (Phi) is 3.56. The van der Waals surface area contributed by atoms with E-state index in [2.05, 4.69) is 0 Å². The van der Waals surface area contributed by atoms with Crippen LogP contribution >= 0.6 is 0 Å². The maximum atomic E-state index is 12.2. The molecule has 0 bridgehead atoms. The van der Waals surface area contributed by atoms with Crippen LogP contribution in [0.2, 0.25) is 0 Å². The van der Waals surface area contributed by atoms with E-state index in [-0.39, 0.29) is 36.1 Å². The van der Waals surface area contributed by atoms with Crippen LogP contribution in [0, 0.1) is 11.8 Å². The third-order valence-corrected chi connectivity index (χ3v) is 4.26. The summed E-state index contributed by atoms with van der Waals surface area (Å²) in [5, 5.41) is 0. The second-order valence-electron chi connectivity index (χ2n) is 5.41. The van der Waals surface area contributed by atoms with Crippen LogP contribution in [0.4, 0.5) is 0 Å². The summed E-state index contributed by atoms with van der Waals surface area (Å²) < 4.78 is 5.19. The van der Waals surface area contributed by atoms with Crippen LogP contribution in [-0.2, 0) is 19.1 Å². The van der Waals surface area contributed by atoms with E-state index in [1.54, 1.807) is 4.90 Å². The summed E-state index contributed by atoms with van der Waals surface area (Å²) in [7, 11) is 0. The van der Waals surface area contributed by atoms with Gasteiger partial charge in [-0.2, -0.15) is 0 Å². The zero-order valence-corrected chi connectivity index (χ0v) is 11.3. The molecule has 0 saturated carbocycles. The average molecular weight is 278 g/mol. The zero-order valence-electron chi connectivity index (χ0n) is 11.3. The van der Waals surface area contributed by atoms with Crippen molar-refractivity contribution in [2.24, 2.45) is 11.8 Å². The first-order valence-electron chi connectivity index (χ1n) is 7.04. The Morgan fingerprint density at radius 3 is 2.20 bits per heavy atom. The Labute approximate surface area is 117 Å². The van der Waals surface area contributed by atoms with Crippen LogP contribution in [0.5, 0.6) is 0 Å². The van der Waals surface area contributed by atoms with Crippen LogP contribution in [0.1, 0.15) is 12.8 Å². The van der Waals surface area contributed by atoms with Crippen molar-refractivity contribution in [3.8, 4) is 0 Å². The number of morpholine rings is 1. The van der Waals surface area contributed by atoms with Gasteiger partial charge in [0.25, 0.3) is 0 Å². The van der Waals surface area contributed by atoms with E-state index in [0.29, 0.717) is 39.1 Å². The Bertz CT molecular complexity index is 442. The molecule has 2 atom stereocenters. The maximum absolute atomic E-state index is 12.2. The lowest BCUT2D eigenvalue weighted by atomic mass is 9.85. The fourth-order valence-electron chi connectivity index (χ4n) is 3.07. The lowest BCUT2D eigenvalue weighted by Gasteiger charge is -2.28. The highest BCUT2D eigenvalue weighted by Crippen LogP contribution is 2.34. The molecule has 0 aromatic rings. The lowest BCUT2D eigenvalue weighted by Crippen LogP contribution is -2.47. The van der Waals surface area contributed by atoms with Crippen molar-refractivity contribution in [1.29, 1.82) is 0 Å². The molecule has 2 aliphatic heterocycles. The molecule has 0 radical (unpaired) electrons. The summed E-state index contributed by atoms with van der Waals surface area (Å²) in [6.45, 7) is 1.98. The van der Waals surface area contributed by atoms with Gasteiger partial charge in [0.2, 0.25) is 17.7 Å². The van der Waals surface area contributed by atoms with Gasteiger partial charge in [-0.25, -0.2) is 0 Å². The fraction of sp³-hybridized carbons (Fsp3) is 0.643. The van der Waals surface area contributed by atoms with Gasteiger partial charge in [-0.05, 0) is 12.8 Å². The smallest absolute Gasteiger partial charge is 0.242 e. The summed E-state index contributed by atoms with van der Waals surface area (Å²) in [5.41, 5.74) is 0. The van der Waals surface area contributed by atoms with Crippen molar-refractivity contribution >= 4 is 17.7 Å². The van der Waals surface area contributed by atoms with E-state index >= 15 is 0 Å². The molecule has 0 aromatic heterocycles. The molecule has 20 heavy (non-hydrogen) atoms. The highest BCUT2D eigenvalue weighted by Gasteiger charge is 2.47. The SMILES string of the molecule is O=C(CN1C(=O)C2CC=CCC2C1=O)N1CCOCC1. The predicted octanol–water partition coefficient (Wildman–Crippen LogP) is -0.204. The normalized spacial score (nSPS) is 29.8. The second-order valence-corrected chi connectivity index (χ2v) is 5.41. The molecule has 0 spiro atoms. The number of nitrogens with zero attached hydrogens (tertiary/aromatic N) is 2. The first-order valence-corrected chi connectivity index (χ1v) is 7.04. The number of ether oxygens (including phenoxy) is 1. The van der Waals surface area contributed by atoms with Crippen molar-refractivity contribution in [3.63, 3.8) is 0 Å². The van der Waals surface area contributed by atoms with Gasteiger partial charge in [-0.15, -0.1) is 0 Å². The molecule has 6 nitrogen and oxygen atoms in total. The molecule has 2 unspecified atom stereocenters. The standard InChI is InChI=1S/C14H18N2O4/c17-12(15-5-7-20-8-6-15)9-16-13(18)10-3-1-2-4-11(10)14(16)19/h1-2,10-11H,3-9H2. The molecule has 6 heteroatoms. The van der Waals surface area contributed by atoms with E-state index < -0.39 is 0 Å². The minimum absolute atomic E-state index is 0.120. The average Bonchev–Trinajstić information content (AvgIpc) is 2.74. The monoisotopic (exact) mass is 278 g/mol. The summed E-state index contributed by atoms with van der Waals surface area (Å²) in [5.74, 6) is -1.06. The zero-order chi connectivity index (χ0) is 14.1. The Morgan fingerprint density at radius 1 is 1.10 bits per heavy atom. The molecule has 0 N–H and O–H groups in total. The van der Waals surface area contributed by atoms with Gasteiger partial charge in [0.1, 0.15) is 6.54 Å². The van der Waals surface area contributed by atoms with Gasteiger partial charge >= 0.3 is 0 Å². The number of imide groups is 1. The summed E-state index contributed by atoms with van der Waals surface area (Å²) in [6.07, 6.45) is 5.11. The number of likely N-dealkylation sites (tertiary alicyclic amines) is 1. The minimum atomic E-state index is -0.259. The molecule has 2 fully saturated rings. The largest absolute Gasteiger partial charge is 0.378 e. The number of hydrogen-bond donors (Lipinski definition) is 0. The first-order chi connectivity index (χ1) is 9.68. The molecule has 0 aromatic carbocycles. The molecule has 3 aliphatic rings. The number of amides is 3. The maximum Gasteiger partial charge on any atom is 0.242 e. The lowest BCUT2D eigenvalue weighted by molar-refractivity contribution is -0.148. The number of fused-ring (bicyclic) bond motifs is 1. The highest BCUT2D eigenvalue weighted by molar-refractivity contribution is 6.07. The fourth-order valence-corrected chi connectivity index (χ4v) is 3.07. The molecule has 2 saturated heterocycles. The van der Waals surface area contributed by atoms with Crippen LogP contribution in [-0.4, -0.2) is 60.4 Å². The molecule has 3 rings (SSSR count). The summed E-state index contributed by atoms with van der Waals surface area (Å²) >= 11 is 0. The van der Waals surface area contributed by atoms with Gasteiger partial charge in [0, 0.05) is 13.1 Å². The van der Waals surface area contributed by atoms with Crippen molar-refractivity contribution in [2.75, 3.05) is 32.8 Å². The Balaban J connectivity index is 1.66. The van der Waals surface area contributed by atoms with E-state index in [1.807, 2.05) is 12.2 Å². The third-order valence-electron chi connectivity index (χ3n) is 4.26. The van der Waals surface area contributed by atoms with E-state index in [4.69, 9.17) is 4.74 Å². The van der Waals surface area contributed by atoms with Gasteiger partial charge < -0.3 is 9.64 Å². The van der Waals surface area contributed by atoms with E-state index in [9.17, 15) is 14.4 Å². The summed E-state index contributed by atoms with van der Waals surface area (Å²) in [6, 6.07) is 0. The minimum Gasteiger partial charge on any atom is -0.378 e. The number of carbonyl (C=O) groups is 3. The molecule has 108 valence electrons. The third kappa shape index (κ3) is 2.24. The van der Waals surface area contributed by atoms with Crippen molar-refractivity contribution in [3.05, 3.63) is 12.2 Å².